The Bertz CT molecular complexity index is 264. The van der Waals surface area contributed by atoms with Gasteiger partial charge in [0.15, 0.2) is 12.2 Å². The Kier molecular flexibility index (Phi) is 5.76. The van der Waals surface area contributed by atoms with Crippen molar-refractivity contribution in [1.29, 1.82) is 0 Å². The third-order valence-electron chi connectivity index (χ3n) is 1.41. The van der Waals surface area contributed by atoms with Crippen molar-refractivity contribution in [2.24, 2.45) is 0 Å². The van der Waals surface area contributed by atoms with Gasteiger partial charge in [0.1, 0.15) is 0 Å². The summed E-state index contributed by atoms with van der Waals surface area (Å²) in [6.07, 6.45) is -0.861. The average Bonchev–Trinajstić information content (AvgIpc) is 2.16. The van der Waals surface area contributed by atoms with Gasteiger partial charge in [0, 0.05) is 0 Å². The van der Waals surface area contributed by atoms with Crippen molar-refractivity contribution in [2.75, 3.05) is 6.26 Å². The number of carboxylic acids is 1. The molecule has 0 aliphatic rings. The number of esters is 1. The van der Waals surface area contributed by atoms with Crippen LogP contribution in [0.3, 0.4) is 0 Å². The normalized spacial score (nSPS) is 13.8. The monoisotopic (exact) mass is 236 g/mol. The second-order valence-corrected chi connectivity index (χ2v) is 3.37. The number of hydrogen-bond acceptors (Lipinski definition) is 6. The van der Waals surface area contributed by atoms with E-state index in [0.29, 0.717) is 0 Å². The molecule has 2 atom stereocenters. The maximum absolute atomic E-state index is 11.1. The Hall–Kier alpha value is -1.24. The van der Waals surface area contributed by atoms with Crippen LogP contribution >= 0.6 is 11.8 Å². The Morgan fingerprint density at radius 1 is 1.13 bits per heavy atom. The molecule has 0 aromatic carbocycles. The minimum atomic E-state index is -1.26. The maximum Gasteiger partial charge on any atom is 0.367 e. The molecule has 0 aromatic heterocycles. The topological polar surface area (TPSA) is 89.9 Å². The second kappa shape index (κ2) is 6.28. The van der Waals surface area contributed by atoms with Gasteiger partial charge in [-0.05, 0) is 31.9 Å². The van der Waals surface area contributed by atoms with Gasteiger partial charge >= 0.3 is 17.2 Å². The molecule has 0 aliphatic carbocycles. The fourth-order valence-electron chi connectivity index (χ4n) is 0.561. The van der Waals surface area contributed by atoms with Gasteiger partial charge in [-0.2, -0.15) is 0 Å². The molecule has 0 rings (SSSR count). The Labute approximate surface area is 90.9 Å². The lowest BCUT2D eigenvalue weighted by Gasteiger charge is -2.13. The van der Waals surface area contributed by atoms with Crippen LogP contribution < -0.4 is 0 Å². The third kappa shape index (κ3) is 5.26. The molecule has 0 spiro atoms. The molecule has 0 saturated heterocycles. The van der Waals surface area contributed by atoms with Gasteiger partial charge in [-0.1, -0.05) is 0 Å². The van der Waals surface area contributed by atoms with Crippen molar-refractivity contribution in [3.8, 4) is 0 Å². The van der Waals surface area contributed by atoms with E-state index in [0.717, 1.165) is 11.8 Å². The number of rotatable bonds is 4. The predicted octanol–water partition coefficient (Wildman–Crippen LogP) is 0.891. The van der Waals surface area contributed by atoms with Gasteiger partial charge in [-0.3, -0.25) is 0 Å². The van der Waals surface area contributed by atoms with E-state index in [-0.39, 0.29) is 0 Å². The summed E-state index contributed by atoms with van der Waals surface area (Å²) in [5.74, 6) is -2.14. The van der Waals surface area contributed by atoms with Gasteiger partial charge in [0.25, 0.3) is 0 Å². The zero-order valence-electron chi connectivity index (χ0n) is 8.55. The highest BCUT2D eigenvalue weighted by Gasteiger charge is 2.23. The standard InChI is InChI=1S/C8H12O6S/c1-4(6(9)10)13-7(11)5(2)14-8(12)15-3/h4-5H,1-3H3,(H,9,10). The Balaban J connectivity index is 4.10. The van der Waals surface area contributed by atoms with Crippen LogP contribution in [0.4, 0.5) is 4.79 Å². The molecule has 0 fully saturated rings. The number of hydrogen-bond donors (Lipinski definition) is 1. The number of aliphatic carboxylic acids is 1. The van der Waals surface area contributed by atoms with Crippen molar-refractivity contribution >= 4 is 29.0 Å². The molecule has 0 amide bonds. The van der Waals surface area contributed by atoms with Crippen LogP contribution in [0, 0.1) is 0 Å². The Morgan fingerprint density at radius 3 is 2.07 bits per heavy atom. The average molecular weight is 236 g/mol. The molecule has 0 heterocycles. The van der Waals surface area contributed by atoms with E-state index in [1.54, 1.807) is 0 Å². The molecule has 1 N–H and O–H groups in total. The van der Waals surface area contributed by atoms with Crippen LogP contribution in [0.25, 0.3) is 0 Å². The lowest BCUT2D eigenvalue weighted by molar-refractivity contribution is -0.167. The molecule has 0 radical (unpaired) electrons. The Morgan fingerprint density at radius 2 is 1.67 bits per heavy atom. The number of ether oxygens (including phenoxy) is 2. The van der Waals surface area contributed by atoms with Crippen molar-refractivity contribution in [1.82, 2.24) is 0 Å². The van der Waals surface area contributed by atoms with Gasteiger partial charge in [0.2, 0.25) is 0 Å². The SMILES string of the molecule is CSC(=O)OC(C)C(=O)OC(C)C(=O)O. The van der Waals surface area contributed by atoms with E-state index in [1.165, 1.54) is 20.1 Å². The lowest BCUT2D eigenvalue weighted by atomic mass is 10.4. The van der Waals surface area contributed by atoms with Crippen molar-refractivity contribution in [3.05, 3.63) is 0 Å². The second-order valence-electron chi connectivity index (χ2n) is 2.63. The number of thioether (sulfide) groups is 1. The van der Waals surface area contributed by atoms with Crippen molar-refractivity contribution in [3.63, 3.8) is 0 Å². The fourth-order valence-corrected chi connectivity index (χ4v) is 0.802. The molecule has 15 heavy (non-hydrogen) atoms. The van der Waals surface area contributed by atoms with E-state index in [2.05, 4.69) is 9.47 Å². The molecule has 86 valence electrons. The first-order valence-electron chi connectivity index (χ1n) is 4.06. The fraction of sp³-hybridized carbons (Fsp3) is 0.625. The highest BCUT2D eigenvalue weighted by Crippen LogP contribution is 2.05. The van der Waals surface area contributed by atoms with Gasteiger partial charge < -0.3 is 14.6 Å². The van der Waals surface area contributed by atoms with Crippen LogP contribution in [0.15, 0.2) is 0 Å². The third-order valence-corrected chi connectivity index (χ3v) is 1.84. The summed E-state index contributed by atoms with van der Waals surface area (Å²) < 4.78 is 9.09. The summed E-state index contributed by atoms with van der Waals surface area (Å²) in [5, 5.41) is 7.83. The molecular weight excluding hydrogens is 224 g/mol. The van der Waals surface area contributed by atoms with Gasteiger partial charge in [-0.15, -0.1) is 0 Å². The van der Waals surface area contributed by atoms with Crippen LogP contribution in [-0.4, -0.2) is 40.8 Å². The zero-order chi connectivity index (χ0) is 12.0. The number of carbonyl (C=O) groups is 3. The first-order valence-corrected chi connectivity index (χ1v) is 5.28. The zero-order valence-corrected chi connectivity index (χ0v) is 9.37. The van der Waals surface area contributed by atoms with E-state index in [1.807, 2.05) is 0 Å². The molecule has 0 bridgehead atoms. The van der Waals surface area contributed by atoms with Gasteiger partial charge in [0.05, 0.1) is 0 Å². The molecule has 7 heteroatoms. The summed E-state index contributed by atoms with van der Waals surface area (Å²) in [5.41, 5.74) is 0. The lowest BCUT2D eigenvalue weighted by Crippen LogP contribution is -2.31. The molecule has 0 saturated carbocycles. The van der Waals surface area contributed by atoms with Crippen LogP contribution in [0.1, 0.15) is 13.8 Å². The van der Waals surface area contributed by atoms with Crippen molar-refractivity contribution in [2.45, 2.75) is 26.1 Å². The highest BCUT2D eigenvalue weighted by atomic mass is 32.2. The quantitative estimate of drug-likeness (QED) is 0.725. The summed E-state index contributed by atoms with van der Waals surface area (Å²) in [7, 11) is 0. The molecular formula is C8H12O6S. The first kappa shape index (κ1) is 13.8. The summed E-state index contributed by atoms with van der Waals surface area (Å²) in [6.45, 7) is 2.52. The molecule has 6 nitrogen and oxygen atoms in total. The van der Waals surface area contributed by atoms with E-state index >= 15 is 0 Å². The predicted molar refractivity (Wildman–Crippen MR) is 52.6 cm³/mol. The minimum Gasteiger partial charge on any atom is -0.479 e. The van der Waals surface area contributed by atoms with Gasteiger partial charge in [-0.25, -0.2) is 14.4 Å². The smallest absolute Gasteiger partial charge is 0.367 e. The number of carboxylic acid groups (broad SMARTS) is 1. The maximum atomic E-state index is 11.1. The highest BCUT2D eigenvalue weighted by molar-refractivity contribution is 8.12. The summed E-state index contributed by atoms with van der Waals surface area (Å²) >= 11 is 0.810. The van der Waals surface area contributed by atoms with E-state index in [4.69, 9.17) is 5.11 Å². The van der Waals surface area contributed by atoms with Crippen LogP contribution in [0.2, 0.25) is 0 Å². The molecule has 2 unspecified atom stereocenters. The van der Waals surface area contributed by atoms with E-state index < -0.39 is 29.4 Å². The van der Waals surface area contributed by atoms with Crippen LogP contribution in [-0.2, 0) is 19.1 Å². The molecule has 0 aliphatic heterocycles. The van der Waals surface area contributed by atoms with Crippen molar-refractivity contribution < 1.29 is 29.0 Å². The summed E-state index contributed by atoms with van der Waals surface area (Å²) in [6, 6.07) is 0. The minimum absolute atomic E-state index is 0.623. The first-order chi connectivity index (χ1) is 6.88. The van der Waals surface area contributed by atoms with Crippen LogP contribution in [0.5, 0.6) is 0 Å². The largest absolute Gasteiger partial charge is 0.479 e. The molecule has 0 aromatic rings. The summed E-state index contributed by atoms with van der Waals surface area (Å²) in [4.78, 5) is 32.2. The van der Waals surface area contributed by atoms with E-state index in [9.17, 15) is 14.4 Å². The number of carbonyl (C=O) groups excluding carboxylic acids is 2.